The predicted molar refractivity (Wildman–Crippen MR) is 245 cm³/mol. The average Bonchev–Trinajstić information content (AvgIpc) is 3.04. The number of alkyl carbamates (subject to hydrolysis) is 1. The number of phenols is 1. The van der Waals surface area contributed by atoms with E-state index in [0.29, 0.717) is 31.6 Å². The molecule has 0 spiro atoms. The number of phenolic OH excluding ortho intramolecular Hbond substituents is 1. The highest BCUT2D eigenvalue weighted by molar-refractivity contribution is 14.1. The lowest BCUT2D eigenvalue weighted by atomic mass is 10.0. The molecular formula is C38H45I4N3O7S. The summed E-state index contributed by atoms with van der Waals surface area (Å²) in [5.74, 6) is 3.32. The number of hydrogen-bond acceptors (Lipinski definition) is 9. The normalized spacial score (nSPS) is 12.6. The first-order chi connectivity index (χ1) is 24.7. The van der Waals surface area contributed by atoms with Gasteiger partial charge in [0.05, 0.1) is 20.0 Å². The number of nitrogens with one attached hydrogen (secondary N) is 1. The van der Waals surface area contributed by atoms with Gasteiger partial charge in [-0.2, -0.15) is 0 Å². The maximum absolute atomic E-state index is 12.0. The predicted octanol–water partition coefficient (Wildman–Crippen LogP) is 9.09. The molecule has 1 amide bonds. The van der Waals surface area contributed by atoms with E-state index in [1.807, 2.05) is 64.1 Å². The number of ether oxygens (including phenoxy) is 3. The van der Waals surface area contributed by atoms with Crippen molar-refractivity contribution < 1.29 is 32.5 Å². The molecule has 288 valence electrons. The number of aryl methyl sites for hydroxylation is 1. The van der Waals surface area contributed by atoms with Gasteiger partial charge in [0.15, 0.2) is 11.5 Å². The number of halogens is 4. The van der Waals surface area contributed by atoms with E-state index in [9.17, 15) is 18.3 Å². The lowest BCUT2D eigenvalue weighted by molar-refractivity contribution is 0.0506. The van der Waals surface area contributed by atoms with E-state index in [2.05, 4.69) is 108 Å². The number of carbonyl (C=O) groups excluding carboxylic acids is 1. The van der Waals surface area contributed by atoms with Gasteiger partial charge in [-0.25, -0.2) is 13.2 Å². The molecule has 0 aliphatic rings. The van der Waals surface area contributed by atoms with Crippen LogP contribution in [0.25, 0.3) is 0 Å². The summed E-state index contributed by atoms with van der Waals surface area (Å²) in [6.07, 6.45) is 2.44. The molecule has 0 unspecified atom stereocenters. The summed E-state index contributed by atoms with van der Waals surface area (Å²) >= 11 is 8.97. The lowest BCUT2D eigenvalue weighted by Crippen LogP contribution is -2.44. The van der Waals surface area contributed by atoms with Crippen molar-refractivity contribution in [3.8, 4) is 28.7 Å². The second-order valence-electron chi connectivity index (χ2n) is 13.5. The van der Waals surface area contributed by atoms with Crippen LogP contribution in [0, 0.1) is 21.2 Å². The summed E-state index contributed by atoms with van der Waals surface area (Å²) in [5, 5.41) is 12.2. The molecule has 4 aromatic carbocycles. The number of amides is 1. The van der Waals surface area contributed by atoms with Gasteiger partial charge in [-0.05, 0) is 209 Å². The van der Waals surface area contributed by atoms with Gasteiger partial charge in [-0.3, -0.25) is 0 Å². The number of sulfone groups is 1. The highest BCUT2D eigenvalue weighted by Gasteiger charge is 2.20. The van der Waals surface area contributed by atoms with Gasteiger partial charge in [0.25, 0.3) is 0 Å². The summed E-state index contributed by atoms with van der Waals surface area (Å²) in [7, 11) is -2.99. The topological polar surface area (TPSA) is 163 Å². The molecule has 0 aromatic heterocycles. The molecule has 4 aromatic rings. The maximum atomic E-state index is 12.0. The van der Waals surface area contributed by atoms with Crippen molar-refractivity contribution >= 4 is 106 Å². The SMILES string of the molecule is CS(=O)(=O)CC[C@@H](N)Cc1cc(I)c(Oc2ccc(O)cc2)c(I)c1.Cc1ccc(Oc2c(I)cc(C[C@@H](CN)NC(=O)OC(C)(C)C)cc2I)cc1. The summed E-state index contributed by atoms with van der Waals surface area (Å²) in [4.78, 5) is 12.0. The first-order valence-corrected chi connectivity index (χ1v) is 22.9. The zero-order valence-corrected chi connectivity index (χ0v) is 39.5. The van der Waals surface area contributed by atoms with Gasteiger partial charge in [-0.15, -0.1) is 0 Å². The van der Waals surface area contributed by atoms with Gasteiger partial charge >= 0.3 is 6.09 Å². The largest absolute Gasteiger partial charge is 0.508 e. The zero-order valence-electron chi connectivity index (χ0n) is 30.1. The molecule has 0 heterocycles. The Morgan fingerprint density at radius 2 is 1.25 bits per heavy atom. The lowest BCUT2D eigenvalue weighted by Gasteiger charge is -2.23. The fourth-order valence-corrected chi connectivity index (χ4v) is 9.70. The third kappa shape index (κ3) is 16.9. The van der Waals surface area contributed by atoms with Crippen molar-refractivity contribution in [2.24, 2.45) is 11.5 Å². The summed E-state index contributed by atoms with van der Waals surface area (Å²) in [6, 6.07) is 22.2. The number of nitrogens with two attached hydrogens (primary N) is 2. The van der Waals surface area contributed by atoms with E-state index >= 15 is 0 Å². The third-order valence-electron chi connectivity index (χ3n) is 7.26. The Labute approximate surface area is 367 Å². The number of aromatic hydroxyl groups is 1. The fraction of sp³-hybridized carbons (Fsp3) is 0.342. The molecule has 0 fully saturated rings. The van der Waals surface area contributed by atoms with Gasteiger partial charge < -0.3 is 36.1 Å². The van der Waals surface area contributed by atoms with Crippen molar-refractivity contribution in [2.75, 3.05) is 18.6 Å². The summed E-state index contributed by atoms with van der Waals surface area (Å²) < 4.78 is 43.7. The number of rotatable bonds is 13. The van der Waals surface area contributed by atoms with Crippen LogP contribution in [0.4, 0.5) is 4.79 Å². The molecule has 6 N–H and O–H groups in total. The first-order valence-electron chi connectivity index (χ1n) is 16.5. The number of benzene rings is 4. The third-order valence-corrected chi connectivity index (χ3v) is 11.4. The Balaban J connectivity index is 0.000000287. The molecule has 0 aliphatic carbocycles. The van der Waals surface area contributed by atoms with Gasteiger partial charge in [0, 0.05) is 24.9 Å². The van der Waals surface area contributed by atoms with Crippen LogP contribution in [-0.2, 0) is 27.4 Å². The fourth-order valence-electron chi connectivity index (χ4n) is 4.73. The number of hydrogen-bond donors (Lipinski definition) is 4. The Hall–Kier alpha value is -1.66. The zero-order chi connectivity index (χ0) is 39.5. The van der Waals surface area contributed by atoms with Crippen molar-refractivity contribution in [1.82, 2.24) is 5.32 Å². The Morgan fingerprint density at radius 1 is 0.811 bits per heavy atom. The summed E-state index contributed by atoms with van der Waals surface area (Å²) in [5.41, 5.74) is 14.7. The highest BCUT2D eigenvalue weighted by Crippen LogP contribution is 2.35. The second-order valence-corrected chi connectivity index (χ2v) is 20.4. The van der Waals surface area contributed by atoms with E-state index in [4.69, 9.17) is 25.7 Å². The van der Waals surface area contributed by atoms with Crippen LogP contribution in [0.15, 0.2) is 72.8 Å². The Morgan fingerprint density at radius 3 is 1.66 bits per heavy atom. The van der Waals surface area contributed by atoms with Gasteiger partial charge in [0.2, 0.25) is 0 Å². The molecule has 15 heteroatoms. The average molecular weight is 1200 g/mol. The molecule has 0 radical (unpaired) electrons. The van der Waals surface area contributed by atoms with E-state index in [1.165, 1.54) is 11.8 Å². The van der Waals surface area contributed by atoms with Crippen LogP contribution in [0.1, 0.15) is 43.9 Å². The molecular weight excluding hydrogens is 1150 g/mol. The minimum Gasteiger partial charge on any atom is -0.508 e. The van der Waals surface area contributed by atoms with E-state index in [0.717, 1.165) is 42.7 Å². The molecule has 0 bridgehead atoms. The minimum absolute atomic E-state index is 0.102. The molecule has 10 nitrogen and oxygen atoms in total. The van der Waals surface area contributed by atoms with Crippen molar-refractivity contribution in [3.05, 3.63) is 104 Å². The van der Waals surface area contributed by atoms with Crippen molar-refractivity contribution in [1.29, 1.82) is 0 Å². The molecule has 0 aliphatic heterocycles. The second kappa shape index (κ2) is 21.0. The monoisotopic (exact) mass is 1190 g/mol. The van der Waals surface area contributed by atoms with E-state index in [-0.39, 0.29) is 23.6 Å². The van der Waals surface area contributed by atoms with E-state index < -0.39 is 21.5 Å². The Kier molecular flexibility index (Phi) is 18.1. The molecule has 0 saturated heterocycles. The van der Waals surface area contributed by atoms with E-state index in [1.54, 1.807) is 24.3 Å². The van der Waals surface area contributed by atoms with Crippen LogP contribution in [0.3, 0.4) is 0 Å². The van der Waals surface area contributed by atoms with Gasteiger partial charge in [-0.1, -0.05) is 17.7 Å². The smallest absolute Gasteiger partial charge is 0.407 e. The minimum atomic E-state index is -2.99. The van der Waals surface area contributed by atoms with Crippen molar-refractivity contribution in [2.45, 2.75) is 64.6 Å². The van der Waals surface area contributed by atoms with Crippen LogP contribution in [0.5, 0.6) is 28.7 Å². The Bertz CT molecular complexity index is 1890. The molecule has 0 saturated carbocycles. The quantitative estimate of drug-likeness (QED) is 0.0957. The van der Waals surface area contributed by atoms with Crippen LogP contribution in [0.2, 0.25) is 0 Å². The number of carbonyl (C=O) groups is 1. The standard InChI is InChI=1S/C21H26I2N2O3.C17H19I2NO4S/c1-13-5-7-16(8-6-13)27-19-17(22)10-14(11-18(19)23)9-15(12-24)25-20(26)28-21(2,3)4;1-25(22,23)7-6-12(20)8-11-9-15(18)17(16(19)10-11)24-14-4-2-13(21)3-5-14/h5-8,10-11,15H,9,12,24H2,1-4H3,(H,25,26);2-5,9-10,12,21H,6-8,20H2,1H3/t15-;12-/m01/s1. The first kappa shape index (κ1) is 45.7. The van der Waals surface area contributed by atoms with Crippen LogP contribution < -0.4 is 26.3 Å². The van der Waals surface area contributed by atoms with Crippen LogP contribution in [-0.4, -0.2) is 55.9 Å². The maximum Gasteiger partial charge on any atom is 0.407 e. The van der Waals surface area contributed by atoms with Gasteiger partial charge in [0.1, 0.15) is 32.7 Å². The molecule has 4 rings (SSSR count). The highest BCUT2D eigenvalue weighted by atomic mass is 127. The van der Waals surface area contributed by atoms with Crippen molar-refractivity contribution in [3.63, 3.8) is 0 Å². The molecule has 2 atom stereocenters. The van der Waals surface area contributed by atoms with Crippen LogP contribution >= 0.6 is 90.4 Å². The summed E-state index contributed by atoms with van der Waals surface area (Å²) in [6.45, 7) is 7.88. The molecule has 53 heavy (non-hydrogen) atoms.